The Morgan fingerprint density at radius 2 is 2.35 bits per heavy atom. The molecule has 114 valence electrons. The van der Waals surface area contributed by atoms with Crippen molar-refractivity contribution >= 4 is 17.2 Å². The summed E-state index contributed by atoms with van der Waals surface area (Å²) >= 11 is 1.48. The number of methoxy groups -OCH3 is 1. The van der Waals surface area contributed by atoms with Gasteiger partial charge < -0.3 is 20.7 Å². The molecular formula is C13H24N4O2S. The van der Waals surface area contributed by atoms with Crippen molar-refractivity contribution < 1.29 is 9.53 Å². The summed E-state index contributed by atoms with van der Waals surface area (Å²) in [5, 5.41) is 5.58. The highest BCUT2D eigenvalue weighted by atomic mass is 32.1. The van der Waals surface area contributed by atoms with E-state index in [0.29, 0.717) is 18.8 Å². The van der Waals surface area contributed by atoms with E-state index in [4.69, 9.17) is 10.5 Å². The first-order valence-electron chi connectivity index (χ1n) is 6.77. The topological polar surface area (TPSA) is 80.5 Å². The summed E-state index contributed by atoms with van der Waals surface area (Å²) in [6, 6.07) is 0. The summed E-state index contributed by atoms with van der Waals surface area (Å²) in [6.07, 6.45) is 1.63. The molecule has 0 atom stereocenters. The first-order valence-corrected chi connectivity index (χ1v) is 7.65. The molecule has 0 saturated carbocycles. The maximum atomic E-state index is 11.8. The van der Waals surface area contributed by atoms with Gasteiger partial charge in [0.05, 0.1) is 11.6 Å². The molecule has 20 heavy (non-hydrogen) atoms. The molecule has 0 aliphatic carbocycles. The van der Waals surface area contributed by atoms with Gasteiger partial charge in [0.1, 0.15) is 5.69 Å². The van der Waals surface area contributed by atoms with Crippen LogP contribution in [0.1, 0.15) is 21.9 Å². The number of amides is 1. The lowest BCUT2D eigenvalue weighted by molar-refractivity contribution is 0.0946. The minimum Gasteiger partial charge on any atom is -0.383 e. The fourth-order valence-corrected chi connectivity index (χ4v) is 2.45. The number of nitrogens with one attached hydrogen (secondary N) is 1. The van der Waals surface area contributed by atoms with Gasteiger partial charge in [-0.25, -0.2) is 4.98 Å². The summed E-state index contributed by atoms with van der Waals surface area (Å²) in [5.41, 5.74) is 5.95. The fourth-order valence-electron chi connectivity index (χ4n) is 1.65. The molecule has 0 saturated heterocycles. The average molecular weight is 300 g/mol. The van der Waals surface area contributed by atoms with E-state index in [0.717, 1.165) is 37.5 Å². The van der Waals surface area contributed by atoms with Gasteiger partial charge in [0.15, 0.2) is 0 Å². The van der Waals surface area contributed by atoms with Crippen molar-refractivity contribution in [3.63, 3.8) is 0 Å². The molecule has 0 aliphatic heterocycles. The Labute approximate surface area is 124 Å². The number of carbonyl (C=O) groups excluding carboxylic acids is 1. The Hall–Kier alpha value is -1.02. The summed E-state index contributed by atoms with van der Waals surface area (Å²) in [6.45, 7) is 3.77. The van der Waals surface area contributed by atoms with Gasteiger partial charge in [-0.1, -0.05) is 0 Å². The molecule has 1 aromatic heterocycles. The van der Waals surface area contributed by atoms with Crippen molar-refractivity contribution in [1.82, 2.24) is 15.2 Å². The lowest BCUT2D eigenvalue weighted by Gasteiger charge is -2.15. The number of hydrogen-bond donors (Lipinski definition) is 2. The molecule has 0 spiro atoms. The van der Waals surface area contributed by atoms with Crippen LogP contribution in [0.25, 0.3) is 0 Å². The van der Waals surface area contributed by atoms with Gasteiger partial charge in [0.25, 0.3) is 5.91 Å². The Balaban J connectivity index is 2.19. The van der Waals surface area contributed by atoms with E-state index in [-0.39, 0.29) is 5.91 Å². The average Bonchev–Trinajstić information content (AvgIpc) is 2.90. The maximum Gasteiger partial charge on any atom is 0.270 e. The van der Waals surface area contributed by atoms with E-state index in [1.54, 1.807) is 12.5 Å². The predicted molar refractivity (Wildman–Crippen MR) is 81.2 cm³/mol. The van der Waals surface area contributed by atoms with Crippen LogP contribution in [0.2, 0.25) is 0 Å². The van der Waals surface area contributed by atoms with E-state index >= 15 is 0 Å². The second-order valence-corrected chi connectivity index (χ2v) is 5.51. The summed E-state index contributed by atoms with van der Waals surface area (Å²) in [4.78, 5) is 18.3. The van der Waals surface area contributed by atoms with Gasteiger partial charge in [-0.15, -0.1) is 11.3 Å². The Kier molecular flexibility index (Phi) is 8.36. The van der Waals surface area contributed by atoms with Gasteiger partial charge in [0.2, 0.25) is 0 Å². The molecule has 0 bridgehead atoms. The molecule has 1 rings (SSSR count). The van der Waals surface area contributed by atoms with Crippen molar-refractivity contribution in [3.05, 3.63) is 16.1 Å². The maximum absolute atomic E-state index is 11.8. The molecule has 3 N–H and O–H groups in total. The summed E-state index contributed by atoms with van der Waals surface area (Å²) in [7, 11) is 3.74. The van der Waals surface area contributed by atoms with Crippen LogP contribution in [0.3, 0.4) is 0 Å². The highest BCUT2D eigenvalue weighted by molar-refractivity contribution is 7.09. The molecule has 0 aliphatic rings. The van der Waals surface area contributed by atoms with Gasteiger partial charge in [0, 0.05) is 32.0 Å². The van der Waals surface area contributed by atoms with E-state index in [9.17, 15) is 4.79 Å². The van der Waals surface area contributed by atoms with Gasteiger partial charge in [-0.3, -0.25) is 4.79 Å². The lowest BCUT2D eigenvalue weighted by Crippen LogP contribution is -2.29. The minimum atomic E-state index is -0.107. The first-order chi connectivity index (χ1) is 9.67. The van der Waals surface area contributed by atoms with E-state index in [1.807, 2.05) is 7.05 Å². The molecule has 1 amide bonds. The zero-order chi connectivity index (χ0) is 14.8. The zero-order valence-electron chi connectivity index (χ0n) is 12.2. The molecule has 0 radical (unpaired) electrons. The molecular weight excluding hydrogens is 276 g/mol. The molecule has 0 unspecified atom stereocenters. The third kappa shape index (κ3) is 6.42. The SMILES string of the molecule is COCCN(C)CCCNC(=O)c1csc(CCN)n1. The number of ether oxygens (including phenoxy) is 1. The predicted octanol–water partition coefficient (Wildman–Crippen LogP) is 0.342. The van der Waals surface area contributed by atoms with Crippen molar-refractivity contribution in [2.45, 2.75) is 12.8 Å². The molecule has 1 heterocycles. The van der Waals surface area contributed by atoms with Crippen LogP contribution in [0.4, 0.5) is 0 Å². The molecule has 1 aromatic rings. The molecule has 0 aromatic carbocycles. The fraction of sp³-hybridized carbons (Fsp3) is 0.692. The number of hydrogen-bond acceptors (Lipinski definition) is 6. The largest absolute Gasteiger partial charge is 0.383 e. The number of likely N-dealkylation sites (N-methyl/N-ethyl adjacent to an activating group) is 1. The van der Waals surface area contributed by atoms with E-state index in [1.165, 1.54) is 11.3 Å². The van der Waals surface area contributed by atoms with Crippen molar-refractivity contribution in [3.8, 4) is 0 Å². The van der Waals surface area contributed by atoms with Crippen LogP contribution in [0, 0.1) is 0 Å². The van der Waals surface area contributed by atoms with Gasteiger partial charge in [-0.05, 0) is 26.6 Å². The van der Waals surface area contributed by atoms with Crippen LogP contribution in [0.15, 0.2) is 5.38 Å². The van der Waals surface area contributed by atoms with E-state index < -0.39 is 0 Å². The van der Waals surface area contributed by atoms with E-state index in [2.05, 4.69) is 15.2 Å². The van der Waals surface area contributed by atoms with Crippen molar-refractivity contribution in [1.29, 1.82) is 0 Å². The highest BCUT2D eigenvalue weighted by Gasteiger charge is 2.09. The Bertz CT molecular complexity index is 397. The second kappa shape index (κ2) is 9.82. The molecule has 0 fully saturated rings. The number of nitrogens with zero attached hydrogens (tertiary/aromatic N) is 2. The quantitative estimate of drug-likeness (QED) is 0.609. The standard InChI is InChI=1S/C13H24N4O2S/c1-17(8-9-19-2)7-3-6-15-13(18)11-10-20-12(16-11)4-5-14/h10H,3-9,14H2,1-2H3,(H,15,18). The number of aromatic nitrogens is 1. The van der Waals surface area contributed by atoms with Crippen LogP contribution >= 0.6 is 11.3 Å². The summed E-state index contributed by atoms with van der Waals surface area (Å²) in [5.74, 6) is -0.107. The van der Waals surface area contributed by atoms with Crippen molar-refractivity contribution in [2.75, 3.05) is 46.9 Å². The van der Waals surface area contributed by atoms with Gasteiger partial charge in [-0.2, -0.15) is 0 Å². The Morgan fingerprint density at radius 1 is 1.55 bits per heavy atom. The molecule has 7 heteroatoms. The monoisotopic (exact) mass is 300 g/mol. The van der Waals surface area contributed by atoms with Crippen LogP contribution in [-0.2, 0) is 11.2 Å². The number of carbonyl (C=O) groups is 1. The molecule has 6 nitrogen and oxygen atoms in total. The smallest absolute Gasteiger partial charge is 0.270 e. The first kappa shape index (κ1) is 17.0. The number of rotatable bonds is 10. The lowest BCUT2D eigenvalue weighted by atomic mass is 10.3. The van der Waals surface area contributed by atoms with Crippen LogP contribution < -0.4 is 11.1 Å². The minimum absolute atomic E-state index is 0.107. The second-order valence-electron chi connectivity index (χ2n) is 4.57. The number of nitrogens with two attached hydrogens (primary N) is 1. The number of thiazole rings is 1. The third-order valence-electron chi connectivity index (χ3n) is 2.82. The zero-order valence-corrected chi connectivity index (χ0v) is 13.0. The third-order valence-corrected chi connectivity index (χ3v) is 3.73. The van der Waals surface area contributed by atoms with Crippen LogP contribution in [0.5, 0.6) is 0 Å². The van der Waals surface area contributed by atoms with Crippen LogP contribution in [-0.4, -0.2) is 62.7 Å². The van der Waals surface area contributed by atoms with Crippen molar-refractivity contribution in [2.24, 2.45) is 5.73 Å². The Morgan fingerprint density at radius 3 is 3.05 bits per heavy atom. The highest BCUT2D eigenvalue weighted by Crippen LogP contribution is 2.09. The van der Waals surface area contributed by atoms with Gasteiger partial charge >= 0.3 is 0 Å². The normalized spacial score (nSPS) is 11.0. The summed E-state index contributed by atoms with van der Waals surface area (Å²) < 4.78 is 5.01.